The number of nitrogens with one attached hydrogen (secondary N) is 1. The van der Waals surface area contributed by atoms with Crippen molar-refractivity contribution in [3.05, 3.63) is 35.9 Å². The van der Waals surface area contributed by atoms with E-state index in [2.05, 4.69) is 10.2 Å². The normalized spacial score (nSPS) is 24.6. The van der Waals surface area contributed by atoms with Gasteiger partial charge >= 0.3 is 0 Å². The van der Waals surface area contributed by atoms with Crippen LogP contribution in [0.4, 0.5) is 0 Å². The van der Waals surface area contributed by atoms with Gasteiger partial charge in [-0.25, -0.2) is 0 Å². The van der Waals surface area contributed by atoms with Crippen LogP contribution in [0.1, 0.15) is 37.4 Å². The van der Waals surface area contributed by atoms with Crippen molar-refractivity contribution in [3.63, 3.8) is 0 Å². The molecule has 2 N–H and O–H groups in total. The van der Waals surface area contributed by atoms with Crippen LogP contribution in [0.25, 0.3) is 0 Å². The zero-order valence-electron chi connectivity index (χ0n) is 11.7. The molecule has 1 aliphatic heterocycles. The summed E-state index contributed by atoms with van der Waals surface area (Å²) >= 11 is 0. The van der Waals surface area contributed by atoms with Gasteiger partial charge in [0.15, 0.2) is 0 Å². The maximum atomic E-state index is 12.2. The highest BCUT2D eigenvalue weighted by Crippen LogP contribution is 2.24. The Hall–Kier alpha value is -1.39. The summed E-state index contributed by atoms with van der Waals surface area (Å²) in [4.78, 5) is 14.3. The third kappa shape index (κ3) is 3.19. The molecule has 108 valence electrons. The lowest BCUT2D eigenvalue weighted by Crippen LogP contribution is -2.45. The predicted molar refractivity (Wildman–Crippen MR) is 77.2 cm³/mol. The molecule has 2 unspecified atom stereocenters. The van der Waals surface area contributed by atoms with E-state index in [1.807, 2.05) is 30.3 Å². The van der Waals surface area contributed by atoms with Crippen molar-refractivity contribution in [2.24, 2.45) is 0 Å². The van der Waals surface area contributed by atoms with Crippen LogP contribution < -0.4 is 5.32 Å². The number of nitrogens with zero attached hydrogens (tertiary/aromatic N) is 1. The van der Waals surface area contributed by atoms with Gasteiger partial charge in [0.25, 0.3) is 0 Å². The van der Waals surface area contributed by atoms with E-state index >= 15 is 0 Å². The lowest BCUT2D eigenvalue weighted by Gasteiger charge is -2.26. The number of aliphatic hydroxyl groups excluding tert-OH is 1. The van der Waals surface area contributed by atoms with Crippen LogP contribution in [0.15, 0.2) is 30.3 Å². The molecular formula is C16H22N2O2. The average Bonchev–Trinajstić information content (AvgIpc) is 3.15. The molecule has 1 aromatic rings. The first-order valence-electron chi connectivity index (χ1n) is 7.51. The molecule has 3 rings (SSSR count). The lowest BCUT2D eigenvalue weighted by atomic mass is 10.1. The number of carbonyl (C=O) groups excluding carboxylic acids is 1. The molecule has 2 aliphatic rings. The van der Waals surface area contributed by atoms with Gasteiger partial charge in [-0.05, 0) is 37.8 Å². The molecule has 1 heterocycles. The zero-order chi connectivity index (χ0) is 13.9. The fourth-order valence-corrected chi connectivity index (χ4v) is 2.87. The molecule has 0 spiro atoms. The maximum Gasteiger partial charge on any atom is 0.237 e. The standard InChI is InChI=1S/C16H22N2O2/c19-15(12-5-2-1-3-6-12)11-18-10-4-7-14(18)16(20)17-13-8-9-13/h1-3,5-6,13-15,19H,4,7-11H2,(H,17,20). The number of hydrogen-bond acceptors (Lipinski definition) is 3. The maximum absolute atomic E-state index is 12.2. The third-order valence-electron chi connectivity index (χ3n) is 4.18. The van der Waals surface area contributed by atoms with Crippen molar-refractivity contribution in [2.45, 2.75) is 43.9 Å². The Kier molecular flexibility index (Phi) is 4.03. The number of carbonyl (C=O) groups is 1. The highest BCUT2D eigenvalue weighted by molar-refractivity contribution is 5.82. The summed E-state index contributed by atoms with van der Waals surface area (Å²) in [6.07, 6.45) is 3.64. The quantitative estimate of drug-likeness (QED) is 0.855. The number of hydrogen-bond donors (Lipinski definition) is 2. The molecule has 20 heavy (non-hydrogen) atoms. The first-order valence-corrected chi connectivity index (χ1v) is 7.51. The first kappa shape index (κ1) is 13.6. The Morgan fingerprint density at radius 2 is 2.05 bits per heavy atom. The van der Waals surface area contributed by atoms with Crippen LogP contribution in [-0.4, -0.2) is 41.1 Å². The second kappa shape index (κ2) is 5.94. The number of aliphatic hydroxyl groups is 1. The second-order valence-corrected chi connectivity index (χ2v) is 5.86. The Morgan fingerprint density at radius 1 is 1.30 bits per heavy atom. The van der Waals surface area contributed by atoms with E-state index in [0.29, 0.717) is 12.6 Å². The van der Waals surface area contributed by atoms with E-state index in [4.69, 9.17) is 0 Å². The number of amides is 1. The van der Waals surface area contributed by atoms with Crippen LogP contribution in [-0.2, 0) is 4.79 Å². The molecular weight excluding hydrogens is 252 g/mol. The molecule has 1 saturated heterocycles. The van der Waals surface area contributed by atoms with Crippen molar-refractivity contribution in [3.8, 4) is 0 Å². The van der Waals surface area contributed by atoms with Crippen molar-refractivity contribution in [1.82, 2.24) is 10.2 Å². The van der Waals surface area contributed by atoms with Crippen LogP contribution in [0.3, 0.4) is 0 Å². The molecule has 4 heteroatoms. The van der Waals surface area contributed by atoms with E-state index < -0.39 is 6.10 Å². The molecule has 0 radical (unpaired) electrons. The highest BCUT2D eigenvalue weighted by Gasteiger charge is 2.34. The molecule has 4 nitrogen and oxygen atoms in total. The van der Waals surface area contributed by atoms with Gasteiger partial charge < -0.3 is 10.4 Å². The molecule has 2 atom stereocenters. The van der Waals surface area contributed by atoms with E-state index in [9.17, 15) is 9.90 Å². The fraction of sp³-hybridized carbons (Fsp3) is 0.562. The van der Waals surface area contributed by atoms with Gasteiger partial charge in [-0.15, -0.1) is 0 Å². The smallest absolute Gasteiger partial charge is 0.237 e. The summed E-state index contributed by atoms with van der Waals surface area (Å²) in [5.41, 5.74) is 0.917. The third-order valence-corrected chi connectivity index (χ3v) is 4.18. The molecule has 1 aliphatic carbocycles. The zero-order valence-corrected chi connectivity index (χ0v) is 11.7. The van der Waals surface area contributed by atoms with Gasteiger partial charge in [-0.3, -0.25) is 9.69 Å². The SMILES string of the molecule is O=C(NC1CC1)C1CCCN1CC(O)c1ccccc1. The van der Waals surface area contributed by atoms with Gasteiger partial charge in [-0.2, -0.15) is 0 Å². The van der Waals surface area contributed by atoms with Gasteiger partial charge in [-0.1, -0.05) is 30.3 Å². The van der Waals surface area contributed by atoms with Crippen molar-refractivity contribution in [1.29, 1.82) is 0 Å². The van der Waals surface area contributed by atoms with Gasteiger partial charge in [0, 0.05) is 12.6 Å². The molecule has 1 amide bonds. The van der Waals surface area contributed by atoms with Crippen molar-refractivity contribution in [2.75, 3.05) is 13.1 Å². The fourth-order valence-electron chi connectivity index (χ4n) is 2.87. The van der Waals surface area contributed by atoms with E-state index in [1.54, 1.807) is 0 Å². The summed E-state index contributed by atoms with van der Waals surface area (Å²) < 4.78 is 0. The molecule has 1 aromatic carbocycles. The van der Waals surface area contributed by atoms with Crippen molar-refractivity contribution >= 4 is 5.91 Å². The Labute approximate surface area is 119 Å². The Balaban J connectivity index is 1.59. The second-order valence-electron chi connectivity index (χ2n) is 5.86. The summed E-state index contributed by atoms with van der Waals surface area (Å²) in [5.74, 6) is 0.144. The highest BCUT2D eigenvalue weighted by atomic mass is 16.3. The van der Waals surface area contributed by atoms with E-state index in [-0.39, 0.29) is 11.9 Å². The minimum absolute atomic E-state index is 0.0611. The predicted octanol–water partition coefficient (Wildman–Crippen LogP) is 1.46. The monoisotopic (exact) mass is 274 g/mol. The van der Waals surface area contributed by atoms with Crippen LogP contribution in [0, 0.1) is 0 Å². The molecule has 0 bridgehead atoms. The van der Waals surface area contributed by atoms with Crippen LogP contribution in [0.2, 0.25) is 0 Å². The summed E-state index contributed by atoms with van der Waals surface area (Å²) in [5, 5.41) is 13.4. The van der Waals surface area contributed by atoms with Crippen molar-refractivity contribution < 1.29 is 9.90 Å². The van der Waals surface area contributed by atoms with Gasteiger partial charge in [0.1, 0.15) is 0 Å². The Morgan fingerprint density at radius 3 is 2.75 bits per heavy atom. The average molecular weight is 274 g/mol. The van der Waals surface area contributed by atoms with E-state index in [1.165, 1.54) is 0 Å². The summed E-state index contributed by atoms with van der Waals surface area (Å²) in [7, 11) is 0. The van der Waals surface area contributed by atoms with Gasteiger partial charge in [0.05, 0.1) is 12.1 Å². The van der Waals surface area contributed by atoms with E-state index in [0.717, 1.165) is 37.8 Å². The topological polar surface area (TPSA) is 52.6 Å². The van der Waals surface area contributed by atoms with Crippen LogP contribution in [0.5, 0.6) is 0 Å². The molecule has 0 aromatic heterocycles. The molecule has 1 saturated carbocycles. The Bertz CT molecular complexity index is 459. The number of likely N-dealkylation sites (tertiary alicyclic amines) is 1. The first-order chi connectivity index (χ1) is 9.74. The number of rotatable bonds is 5. The molecule has 2 fully saturated rings. The summed E-state index contributed by atoms with van der Waals surface area (Å²) in [6.45, 7) is 1.43. The van der Waals surface area contributed by atoms with Gasteiger partial charge in [0.2, 0.25) is 5.91 Å². The minimum Gasteiger partial charge on any atom is -0.387 e. The minimum atomic E-state index is -0.523. The summed E-state index contributed by atoms with van der Waals surface area (Å²) in [6, 6.07) is 10.0. The largest absolute Gasteiger partial charge is 0.387 e. The lowest BCUT2D eigenvalue weighted by molar-refractivity contribution is -0.126. The number of β-amino-alcohol motifs (C(OH)–C–C–N with tert-alkyl or cyclic N) is 1. The van der Waals surface area contributed by atoms with Crippen LogP contribution >= 0.6 is 0 Å². The number of benzene rings is 1.